The lowest BCUT2D eigenvalue weighted by Gasteiger charge is -2.37. The first-order chi connectivity index (χ1) is 6.71. The Kier molecular flexibility index (Phi) is 1.75. The van der Waals surface area contributed by atoms with Crippen LogP contribution in [0.15, 0.2) is 0 Å². The SMILES string of the molecule is CC1(C)[C@H](C(=O)[O-])N2C(=O)C[C@H]2S1(=O)=O. The summed E-state index contributed by atoms with van der Waals surface area (Å²) < 4.78 is 22.2. The van der Waals surface area contributed by atoms with Crippen molar-refractivity contribution >= 4 is 21.7 Å². The molecule has 2 rings (SSSR count). The van der Waals surface area contributed by atoms with Crippen LogP contribution in [0.3, 0.4) is 0 Å². The molecule has 0 aromatic heterocycles. The number of sulfone groups is 1. The summed E-state index contributed by atoms with van der Waals surface area (Å²) in [4.78, 5) is 23.0. The van der Waals surface area contributed by atoms with Gasteiger partial charge in [0.05, 0.1) is 23.2 Å². The number of nitrogens with zero attached hydrogens (tertiary/aromatic N) is 1. The fourth-order valence-corrected chi connectivity index (χ4v) is 4.33. The quantitative estimate of drug-likeness (QED) is 0.481. The van der Waals surface area contributed by atoms with Gasteiger partial charge >= 0.3 is 0 Å². The molecule has 84 valence electrons. The van der Waals surface area contributed by atoms with Crippen molar-refractivity contribution in [2.24, 2.45) is 0 Å². The third-order valence-corrected chi connectivity index (χ3v) is 6.00. The van der Waals surface area contributed by atoms with E-state index in [0.29, 0.717) is 0 Å². The second kappa shape index (κ2) is 2.52. The van der Waals surface area contributed by atoms with Gasteiger partial charge in [-0.3, -0.25) is 4.79 Å². The molecule has 0 radical (unpaired) electrons. The molecule has 0 saturated carbocycles. The highest BCUT2D eigenvalue weighted by molar-refractivity contribution is 7.93. The minimum absolute atomic E-state index is 0.116. The molecule has 6 nitrogen and oxygen atoms in total. The third kappa shape index (κ3) is 0.961. The number of aliphatic carboxylic acids is 1. The number of fused-ring (bicyclic) bond motifs is 1. The zero-order valence-corrected chi connectivity index (χ0v) is 9.08. The van der Waals surface area contributed by atoms with Crippen LogP contribution in [0, 0.1) is 0 Å². The summed E-state index contributed by atoms with van der Waals surface area (Å²) >= 11 is 0. The summed E-state index contributed by atoms with van der Waals surface area (Å²) in [6, 6.07) is -1.37. The van der Waals surface area contributed by atoms with E-state index in [-0.39, 0.29) is 6.42 Å². The maximum atomic E-state index is 11.9. The van der Waals surface area contributed by atoms with Crippen LogP contribution in [0.2, 0.25) is 0 Å². The Balaban J connectivity index is 2.57. The van der Waals surface area contributed by atoms with E-state index in [9.17, 15) is 23.1 Å². The van der Waals surface area contributed by atoms with E-state index in [4.69, 9.17) is 0 Å². The molecule has 0 aromatic carbocycles. The highest BCUT2D eigenvalue weighted by atomic mass is 32.2. The second-order valence-corrected chi connectivity index (χ2v) is 7.02. The van der Waals surface area contributed by atoms with Gasteiger partial charge in [-0.15, -0.1) is 0 Å². The van der Waals surface area contributed by atoms with Crippen molar-refractivity contribution in [1.82, 2.24) is 4.90 Å². The Hall–Kier alpha value is -1.11. The Bertz CT molecular complexity index is 452. The first-order valence-electron chi connectivity index (χ1n) is 4.46. The molecule has 7 heteroatoms. The van der Waals surface area contributed by atoms with Crippen LogP contribution < -0.4 is 5.11 Å². The second-order valence-electron chi connectivity index (χ2n) is 4.33. The van der Waals surface area contributed by atoms with Crippen molar-refractivity contribution in [2.75, 3.05) is 0 Å². The monoisotopic (exact) mass is 232 g/mol. The van der Waals surface area contributed by atoms with Crippen molar-refractivity contribution in [1.29, 1.82) is 0 Å². The third-order valence-electron chi connectivity index (χ3n) is 3.20. The number of β-lactam (4-membered cyclic amide) rings is 1. The van der Waals surface area contributed by atoms with Gasteiger partial charge in [0, 0.05) is 0 Å². The topological polar surface area (TPSA) is 94.6 Å². The van der Waals surface area contributed by atoms with Crippen LogP contribution in [-0.4, -0.2) is 41.4 Å². The molecule has 2 atom stereocenters. The molecule has 2 fully saturated rings. The lowest BCUT2D eigenvalue weighted by molar-refractivity contribution is -0.312. The number of rotatable bonds is 1. The highest BCUT2D eigenvalue weighted by Gasteiger charge is 2.65. The highest BCUT2D eigenvalue weighted by Crippen LogP contribution is 2.45. The number of carbonyl (C=O) groups is 2. The van der Waals surface area contributed by atoms with Gasteiger partial charge in [0.1, 0.15) is 5.37 Å². The van der Waals surface area contributed by atoms with E-state index < -0.39 is 37.9 Å². The van der Waals surface area contributed by atoms with Gasteiger partial charge in [0.25, 0.3) is 0 Å². The van der Waals surface area contributed by atoms with E-state index in [0.717, 1.165) is 4.90 Å². The number of hydrogen-bond donors (Lipinski definition) is 0. The maximum absolute atomic E-state index is 11.9. The molecule has 2 saturated heterocycles. The average Bonchev–Trinajstić information content (AvgIpc) is 2.19. The minimum atomic E-state index is -3.61. The molecule has 2 aliphatic heterocycles. The van der Waals surface area contributed by atoms with E-state index in [1.54, 1.807) is 0 Å². The molecular formula is C8H10NO5S-. The zero-order chi connectivity index (χ0) is 11.6. The Morgan fingerprint density at radius 2 is 2.07 bits per heavy atom. The molecule has 0 spiro atoms. The van der Waals surface area contributed by atoms with Crippen molar-refractivity contribution in [3.63, 3.8) is 0 Å². The molecule has 15 heavy (non-hydrogen) atoms. The molecule has 2 aliphatic rings. The summed E-state index contributed by atoms with van der Waals surface area (Å²) in [5.74, 6) is -1.96. The van der Waals surface area contributed by atoms with E-state index in [1.165, 1.54) is 13.8 Å². The van der Waals surface area contributed by atoms with E-state index >= 15 is 0 Å². The van der Waals surface area contributed by atoms with Crippen molar-refractivity contribution in [3.8, 4) is 0 Å². The van der Waals surface area contributed by atoms with E-state index in [1.807, 2.05) is 0 Å². The molecule has 2 heterocycles. The first-order valence-corrected chi connectivity index (χ1v) is 6.01. The molecule has 0 unspecified atom stereocenters. The van der Waals surface area contributed by atoms with Crippen LogP contribution in [0.5, 0.6) is 0 Å². The summed E-state index contributed by atoms with van der Waals surface area (Å²) in [6.07, 6.45) is -0.116. The van der Waals surface area contributed by atoms with Gasteiger partial charge in [-0.05, 0) is 13.8 Å². The van der Waals surface area contributed by atoms with E-state index in [2.05, 4.69) is 0 Å². The Morgan fingerprint density at radius 1 is 1.53 bits per heavy atom. The molecular weight excluding hydrogens is 222 g/mol. The Morgan fingerprint density at radius 3 is 2.40 bits per heavy atom. The molecule has 0 N–H and O–H groups in total. The summed E-state index contributed by atoms with van der Waals surface area (Å²) in [7, 11) is -3.61. The van der Waals surface area contributed by atoms with Gasteiger partial charge in [0.2, 0.25) is 5.91 Å². The zero-order valence-electron chi connectivity index (χ0n) is 8.26. The van der Waals surface area contributed by atoms with Crippen LogP contribution in [0.4, 0.5) is 0 Å². The predicted molar refractivity (Wildman–Crippen MR) is 47.0 cm³/mol. The van der Waals surface area contributed by atoms with Gasteiger partial charge in [-0.2, -0.15) is 0 Å². The van der Waals surface area contributed by atoms with Gasteiger partial charge in [-0.25, -0.2) is 8.42 Å². The molecule has 0 bridgehead atoms. The van der Waals surface area contributed by atoms with Crippen LogP contribution in [0.25, 0.3) is 0 Å². The fourth-order valence-electron chi connectivity index (χ4n) is 2.21. The fraction of sp³-hybridized carbons (Fsp3) is 0.750. The largest absolute Gasteiger partial charge is 0.548 e. The summed E-state index contributed by atoms with van der Waals surface area (Å²) in [5, 5.41) is 9.90. The van der Waals surface area contributed by atoms with Crippen molar-refractivity contribution < 1.29 is 23.1 Å². The first kappa shape index (κ1) is 10.4. The summed E-state index contributed by atoms with van der Waals surface area (Å²) in [5.41, 5.74) is 0. The molecule has 0 aliphatic carbocycles. The van der Waals surface area contributed by atoms with Crippen LogP contribution in [-0.2, 0) is 19.4 Å². The van der Waals surface area contributed by atoms with Crippen LogP contribution >= 0.6 is 0 Å². The van der Waals surface area contributed by atoms with Gasteiger partial charge < -0.3 is 14.8 Å². The Labute approximate surface area is 86.8 Å². The lowest BCUT2D eigenvalue weighted by atomic mass is 9.98. The van der Waals surface area contributed by atoms with Crippen molar-refractivity contribution in [2.45, 2.75) is 36.4 Å². The standard InChI is InChI=1S/C8H11NO5S/c1-8(2)6(7(11)12)9-4(10)3-5(9)15(8,13)14/h5-6H,3H2,1-2H3,(H,11,12)/p-1/t5-,6+/m1/s1. The van der Waals surface area contributed by atoms with Gasteiger partial charge in [-0.1, -0.05) is 0 Å². The maximum Gasteiger partial charge on any atom is 0.227 e. The number of carboxylic acids is 1. The average molecular weight is 232 g/mol. The number of amides is 1. The molecule has 0 aromatic rings. The van der Waals surface area contributed by atoms with Gasteiger partial charge in [0.15, 0.2) is 9.84 Å². The normalized spacial score (nSPS) is 35.9. The smallest absolute Gasteiger partial charge is 0.227 e. The predicted octanol–water partition coefficient (Wildman–Crippen LogP) is -2.13. The molecule has 1 amide bonds. The van der Waals surface area contributed by atoms with Crippen molar-refractivity contribution in [3.05, 3.63) is 0 Å². The number of carboxylic acid groups (broad SMARTS) is 1. The summed E-state index contributed by atoms with van der Waals surface area (Å²) in [6.45, 7) is 2.63. The number of hydrogen-bond acceptors (Lipinski definition) is 5. The minimum Gasteiger partial charge on any atom is -0.548 e. The van der Waals surface area contributed by atoms with Crippen LogP contribution in [0.1, 0.15) is 20.3 Å². The number of carbonyl (C=O) groups excluding carboxylic acids is 2. The lowest BCUT2D eigenvalue weighted by Crippen LogP contribution is -2.60.